The van der Waals surface area contributed by atoms with Crippen molar-refractivity contribution in [3.05, 3.63) is 59.7 Å². The predicted molar refractivity (Wildman–Crippen MR) is 117 cm³/mol. The van der Waals surface area contributed by atoms with Gasteiger partial charge < -0.3 is 20.5 Å². The average molecular weight is 434 g/mol. The first-order chi connectivity index (χ1) is 15.4. The summed E-state index contributed by atoms with van der Waals surface area (Å²) in [6.07, 6.45) is 1.49. The number of nitrogens with one attached hydrogen (secondary N) is 2. The van der Waals surface area contributed by atoms with Gasteiger partial charge in [0.15, 0.2) is 0 Å². The number of ether oxygens (including phenoxy) is 1. The molecule has 3 aliphatic carbocycles. The van der Waals surface area contributed by atoms with Crippen LogP contribution in [-0.2, 0) is 14.3 Å². The number of carboxylic acids is 1. The Bertz CT molecular complexity index is 1050. The van der Waals surface area contributed by atoms with Crippen LogP contribution in [0.5, 0.6) is 0 Å². The summed E-state index contributed by atoms with van der Waals surface area (Å²) in [6.45, 7) is 1.70. The fourth-order valence-corrected chi connectivity index (χ4v) is 5.50. The lowest BCUT2D eigenvalue weighted by Gasteiger charge is -2.20. The Morgan fingerprint density at radius 1 is 1.06 bits per heavy atom. The molecule has 3 N–H and O–H groups in total. The number of hydrogen-bond acceptors (Lipinski definition) is 4. The molecule has 2 aromatic rings. The molecule has 0 radical (unpaired) electrons. The van der Waals surface area contributed by atoms with E-state index >= 15 is 0 Å². The van der Waals surface area contributed by atoms with Gasteiger partial charge in [0.05, 0.1) is 5.41 Å². The number of carbonyl (C=O) groups excluding carboxylic acids is 2. The van der Waals surface area contributed by atoms with E-state index in [1.54, 1.807) is 0 Å². The number of alkyl carbamates (subject to hydrolysis) is 1. The normalized spacial score (nSPS) is 25.8. The van der Waals surface area contributed by atoms with Crippen molar-refractivity contribution in [2.45, 2.75) is 44.2 Å². The summed E-state index contributed by atoms with van der Waals surface area (Å²) >= 11 is 0. The van der Waals surface area contributed by atoms with E-state index in [0.29, 0.717) is 12.8 Å². The highest BCUT2D eigenvalue weighted by Crippen LogP contribution is 2.63. The number of hydrogen-bond donors (Lipinski definition) is 3. The van der Waals surface area contributed by atoms with Crippen molar-refractivity contribution in [2.24, 2.45) is 11.3 Å². The van der Waals surface area contributed by atoms with E-state index < -0.39 is 23.5 Å². The molecule has 2 saturated carbocycles. The van der Waals surface area contributed by atoms with Crippen molar-refractivity contribution in [2.75, 3.05) is 6.61 Å². The smallest absolute Gasteiger partial charge is 0.407 e. The maximum absolute atomic E-state index is 12.6. The van der Waals surface area contributed by atoms with Gasteiger partial charge in [0, 0.05) is 12.0 Å². The number of fused-ring (bicyclic) bond motifs is 4. The molecule has 2 fully saturated rings. The Morgan fingerprint density at radius 2 is 1.69 bits per heavy atom. The van der Waals surface area contributed by atoms with Crippen LogP contribution in [0.4, 0.5) is 4.79 Å². The molecule has 5 rings (SSSR count). The molecule has 166 valence electrons. The standard InChI is InChI=1S/C25H26N2O5/c1-14(22(28)29)26-23(30)25-11-15(25)10-16(12-25)27-24(31)32-13-21-19-8-4-2-6-17(19)18-7-3-5-9-20(18)21/h2-9,14-16,21H,10-13H2,1H3,(H,26,30)(H,27,31)(H,28,29). The van der Waals surface area contributed by atoms with E-state index in [4.69, 9.17) is 9.84 Å². The third-order valence-corrected chi connectivity index (χ3v) is 7.25. The van der Waals surface area contributed by atoms with Crippen molar-refractivity contribution < 1.29 is 24.2 Å². The van der Waals surface area contributed by atoms with Crippen LogP contribution >= 0.6 is 0 Å². The Morgan fingerprint density at radius 3 is 2.31 bits per heavy atom. The first kappa shape index (κ1) is 20.5. The van der Waals surface area contributed by atoms with Gasteiger partial charge in [-0.25, -0.2) is 4.79 Å². The van der Waals surface area contributed by atoms with Crippen molar-refractivity contribution in [3.8, 4) is 11.1 Å². The van der Waals surface area contributed by atoms with Crippen molar-refractivity contribution in [1.82, 2.24) is 10.6 Å². The van der Waals surface area contributed by atoms with Crippen LogP contribution < -0.4 is 10.6 Å². The van der Waals surface area contributed by atoms with Gasteiger partial charge >= 0.3 is 12.1 Å². The van der Waals surface area contributed by atoms with Gasteiger partial charge in [-0.1, -0.05) is 48.5 Å². The van der Waals surface area contributed by atoms with Gasteiger partial charge in [0.25, 0.3) is 0 Å². The molecule has 0 saturated heterocycles. The molecule has 7 heteroatoms. The maximum atomic E-state index is 12.6. The van der Waals surface area contributed by atoms with Gasteiger partial charge in [-0.2, -0.15) is 0 Å². The van der Waals surface area contributed by atoms with Crippen LogP contribution in [0.15, 0.2) is 48.5 Å². The third kappa shape index (κ3) is 3.42. The molecule has 4 atom stereocenters. The molecule has 0 heterocycles. The quantitative estimate of drug-likeness (QED) is 0.647. The zero-order chi connectivity index (χ0) is 22.5. The first-order valence-electron chi connectivity index (χ1n) is 11.0. The van der Waals surface area contributed by atoms with Crippen LogP contribution in [0, 0.1) is 11.3 Å². The lowest BCUT2D eigenvalue weighted by molar-refractivity contribution is -0.142. The van der Waals surface area contributed by atoms with Crippen LogP contribution in [0.1, 0.15) is 43.2 Å². The van der Waals surface area contributed by atoms with E-state index in [1.807, 2.05) is 24.3 Å². The van der Waals surface area contributed by atoms with E-state index in [9.17, 15) is 14.4 Å². The van der Waals surface area contributed by atoms with Gasteiger partial charge in [-0.15, -0.1) is 0 Å². The SMILES string of the molecule is CC(NC(=O)C12CC(NC(=O)OCC3c4ccccc4-c4ccccc43)CC1C2)C(=O)O. The van der Waals surface area contributed by atoms with Crippen LogP contribution in [-0.4, -0.2) is 41.8 Å². The van der Waals surface area contributed by atoms with Gasteiger partial charge in [-0.3, -0.25) is 9.59 Å². The third-order valence-electron chi connectivity index (χ3n) is 7.25. The Balaban J connectivity index is 1.18. The minimum Gasteiger partial charge on any atom is -0.480 e. The molecule has 3 aliphatic rings. The molecule has 7 nitrogen and oxygen atoms in total. The van der Waals surface area contributed by atoms with Crippen LogP contribution in [0.3, 0.4) is 0 Å². The molecule has 2 amide bonds. The lowest BCUT2D eigenvalue weighted by atomic mass is 9.98. The Hall–Kier alpha value is -3.35. The topological polar surface area (TPSA) is 105 Å². The fourth-order valence-electron chi connectivity index (χ4n) is 5.50. The van der Waals surface area contributed by atoms with Gasteiger partial charge in [-0.05, 0) is 54.4 Å². The molecule has 0 aliphatic heterocycles. The molecule has 0 bridgehead atoms. The summed E-state index contributed by atoms with van der Waals surface area (Å²) in [6, 6.07) is 15.3. The number of carboxylic acid groups (broad SMARTS) is 1. The molecule has 2 aromatic carbocycles. The number of aliphatic carboxylic acids is 1. The fraction of sp³-hybridized carbons (Fsp3) is 0.400. The Kier molecular flexibility index (Phi) is 4.92. The molecule has 4 unspecified atom stereocenters. The second-order valence-corrected chi connectivity index (χ2v) is 9.20. The summed E-state index contributed by atoms with van der Waals surface area (Å²) in [5.74, 6) is -1.10. The van der Waals surface area contributed by atoms with E-state index in [1.165, 1.54) is 18.1 Å². The lowest BCUT2D eigenvalue weighted by Crippen LogP contribution is -2.43. The molecule has 0 spiro atoms. The average Bonchev–Trinajstić information content (AvgIpc) is 3.21. The van der Waals surface area contributed by atoms with Crippen LogP contribution in [0.2, 0.25) is 0 Å². The van der Waals surface area contributed by atoms with Gasteiger partial charge in [0.2, 0.25) is 5.91 Å². The van der Waals surface area contributed by atoms with Crippen LogP contribution in [0.25, 0.3) is 11.1 Å². The minimum atomic E-state index is -1.06. The van der Waals surface area contributed by atoms with E-state index in [2.05, 4.69) is 34.9 Å². The zero-order valence-corrected chi connectivity index (χ0v) is 17.8. The highest BCUT2D eigenvalue weighted by atomic mass is 16.5. The first-order valence-corrected chi connectivity index (χ1v) is 11.0. The van der Waals surface area contributed by atoms with E-state index in [0.717, 1.165) is 17.5 Å². The zero-order valence-electron chi connectivity index (χ0n) is 17.8. The minimum absolute atomic E-state index is 0.000225. The second kappa shape index (κ2) is 7.65. The number of rotatable bonds is 6. The highest BCUT2D eigenvalue weighted by Gasteiger charge is 2.65. The molecular weight excluding hydrogens is 408 g/mol. The maximum Gasteiger partial charge on any atom is 0.407 e. The number of amides is 2. The molecular formula is C25H26N2O5. The van der Waals surface area contributed by atoms with Gasteiger partial charge in [0.1, 0.15) is 12.6 Å². The largest absolute Gasteiger partial charge is 0.480 e. The molecule has 32 heavy (non-hydrogen) atoms. The van der Waals surface area contributed by atoms with Crippen molar-refractivity contribution in [3.63, 3.8) is 0 Å². The van der Waals surface area contributed by atoms with Crippen molar-refractivity contribution in [1.29, 1.82) is 0 Å². The van der Waals surface area contributed by atoms with Crippen molar-refractivity contribution >= 4 is 18.0 Å². The second-order valence-electron chi connectivity index (χ2n) is 9.20. The van der Waals surface area contributed by atoms with E-state index in [-0.39, 0.29) is 30.4 Å². The summed E-state index contributed by atoms with van der Waals surface area (Å²) in [4.78, 5) is 36.1. The predicted octanol–water partition coefficient (Wildman–Crippen LogP) is 3.28. The Labute approximate surface area is 186 Å². The molecule has 0 aromatic heterocycles. The highest BCUT2D eigenvalue weighted by molar-refractivity contribution is 5.90. The summed E-state index contributed by atoms with van der Waals surface area (Å²) in [5, 5.41) is 14.5. The summed E-state index contributed by atoms with van der Waals surface area (Å²) < 4.78 is 5.61. The summed E-state index contributed by atoms with van der Waals surface area (Å²) in [7, 11) is 0. The number of carbonyl (C=O) groups is 3. The monoisotopic (exact) mass is 434 g/mol. The summed E-state index contributed by atoms with van der Waals surface area (Å²) in [5.41, 5.74) is 4.12. The number of benzene rings is 2.